The van der Waals surface area contributed by atoms with Gasteiger partial charge in [-0.15, -0.1) is 24.8 Å². The molecule has 1 aromatic carbocycles. The van der Waals surface area contributed by atoms with Crippen LogP contribution in [0.3, 0.4) is 0 Å². The van der Waals surface area contributed by atoms with E-state index in [0.29, 0.717) is 12.1 Å². The molecule has 4 rings (SSSR count). The molecule has 0 radical (unpaired) electrons. The molecule has 1 amide bonds. The van der Waals surface area contributed by atoms with Crippen molar-refractivity contribution < 1.29 is 4.79 Å². The number of carbonyl (C=O) groups excluding carboxylic acids is 1. The van der Waals surface area contributed by atoms with Gasteiger partial charge in [0.1, 0.15) is 0 Å². The molecular weight excluding hydrogens is 345 g/mol. The topological polar surface area (TPSA) is 45.2 Å². The molecule has 130 valence electrons. The first kappa shape index (κ1) is 19.0. The predicted molar refractivity (Wildman–Crippen MR) is 101 cm³/mol. The van der Waals surface area contributed by atoms with Crippen molar-refractivity contribution in [3.05, 3.63) is 41.6 Å². The van der Waals surface area contributed by atoms with E-state index in [-0.39, 0.29) is 30.7 Å². The molecule has 1 N–H and O–H groups in total. The number of pyridine rings is 1. The predicted octanol–water partition coefficient (Wildman–Crippen LogP) is 3.35. The van der Waals surface area contributed by atoms with E-state index in [9.17, 15) is 4.79 Å². The van der Waals surface area contributed by atoms with Crippen LogP contribution in [0.15, 0.2) is 30.3 Å². The van der Waals surface area contributed by atoms with Crippen molar-refractivity contribution in [2.45, 2.75) is 38.3 Å². The fraction of sp³-hybridized carbons (Fsp3) is 0.444. The van der Waals surface area contributed by atoms with Gasteiger partial charge >= 0.3 is 0 Å². The van der Waals surface area contributed by atoms with E-state index in [1.807, 2.05) is 42.2 Å². The van der Waals surface area contributed by atoms with Gasteiger partial charge in [0.2, 0.25) is 0 Å². The standard InChI is InChI=1S/C18H21N3O.2ClH/c1-12-10-16(15-4-2-3-5-17(15)19-12)18(22)21-9-8-13-6-7-14(11-21)20-13;;/h2-5,10,13-14,20H,6-9,11H2,1H3;2*1H. The number of hydrogen-bond donors (Lipinski definition) is 1. The molecule has 24 heavy (non-hydrogen) atoms. The molecule has 2 aromatic rings. The molecular formula is C18H23Cl2N3O. The van der Waals surface area contributed by atoms with Crippen LogP contribution in [-0.4, -0.2) is 41.0 Å². The van der Waals surface area contributed by atoms with E-state index >= 15 is 0 Å². The van der Waals surface area contributed by atoms with Crippen LogP contribution in [0.25, 0.3) is 10.9 Å². The maximum atomic E-state index is 13.1. The second-order valence-electron chi connectivity index (χ2n) is 6.51. The molecule has 0 spiro atoms. The maximum Gasteiger partial charge on any atom is 0.254 e. The zero-order chi connectivity index (χ0) is 15.1. The number of rotatable bonds is 1. The average molecular weight is 368 g/mol. The average Bonchev–Trinajstić information content (AvgIpc) is 2.85. The molecule has 2 fully saturated rings. The first-order valence-electron chi connectivity index (χ1n) is 8.12. The first-order chi connectivity index (χ1) is 10.7. The van der Waals surface area contributed by atoms with E-state index in [1.165, 1.54) is 12.8 Å². The molecule has 2 saturated heterocycles. The molecule has 2 atom stereocenters. The zero-order valence-electron chi connectivity index (χ0n) is 13.7. The Bertz CT molecular complexity index is 737. The Balaban J connectivity index is 0.00000104. The van der Waals surface area contributed by atoms with Gasteiger partial charge in [0.15, 0.2) is 0 Å². The monoisotopic (exact) mass is 367 g/mol. The minimum absolute atomic E-state index is 0. The highest BCUT2D eigenvalue weighted by Crippen LogP contribution is 2.24. The summed E-state index contributed by atoms with van der Waals surface area (Å²) in [5.74, 6) is 0.149. The lowest BCUT2D eigenvalue weighted by molar-refractivity contribution is 0.0750. The number of hydrogen-bond acceptors (Lipinski definition) is 3. The molecule has 0 saturated carbocycles. The summed E-state index contributed by atoms with van der Waals surface area (Å²) in [6.07, 6.45) is 3.50. The Labute approximate surface area is 154 Å². The van der Waals surface area contributed by atoms with Gasteiger partial charge in [-0.1, -0.05) is 18.2 Å². The third kappa shape index (κ3) is 3.51. The van der Waals surface area contributed by atoms with Crippen LogP contribution >= 0.6 is 24.8 Å². The van der Waals surface area contributed by atoms with Crippen molar-refractivity contribution in [1.29, 1.82) is 0 Å². The number of carbonyl (C=O) groups is 1. The summed E-state index contributed by atoms with van der Waals surface area (Å²) in [6, 6.07) is 10.9. The van der Waals surface area contributed by atoms with Crippen LogP contribution in [0, 0.1) is 6.92 Å². The molecule has 2 unspecified atom stereocenters. The molecule has 3 heterocycles. The van der Waals surface area contributed by atoms with Gasteiger partial charge in [-0.2, -0.15) is 0 Å². The van der Waals surface area contributed by atoms with Crippen LogP contribution in [-0.2, 0) is 0 Å². The lowest BCUT2D eigenvalue weighted by Gasteiger charge is -2.25. The van der Waals surface area contributed by atoms with Crippen molar-refractivity contribution in [3.63, 3.8) is 0 Å². The summed E-state index contributed by atoms with van der Waals surface area (Å²) in [5.41, 5.74) is 2.60. The van der Waals surface area contributed by atoms with Gasteiger partial charge in [-0.25, -0.2) is 0 Å². The number of nitrogens with zero attached hydrogens (tertiary/aromatic N) is 2. The van der Waals surface area contributed by atoms with Crippen molar-refractivity contribution in [2.75, 3.05) is 13.1 Å². The Kier molecular flexibility index (Phi) is 6.07. The molecule has 6 heteroatoms. The van der Waals surface area contributed by atoms with Crippen molar-refractivity contribution in [3.8, 4) is 0 Å². The van der Waals surface area contributed by atoms with E-state index < -0.39 is 0 Å². The highest BCUT2D eigenvalue weighted by molar-refractivity contribution is 6.06. The molecule has 2 bridgehead atoms. The molecule has 0 aliphatic carbocycles. The minimum Gasteiger partial charge on any atom is -0.337 e. The van der Waals surface area contributed by atoms with Crippen LogP contribution in [0.2, 0.25) is 0 Å². The van der Waals surface area contributed by atoms with Gasteiger partial charge in [-0.05, 0) is 38.3 Å². The highest BCUT2D eigenvalue weighted by Gasteiger charge is 2.31. The molecule has 2 aliphatic rings. The third-order valence-electron chi connectivity index (χ3n) is 4.89. The Hall–Kier alpha value is -1.36. The SMILES string of the molecule is Cc1cc(C(=O)N2CCC3CCC(C2)N3)c2ccccc2n1.Cl.Cl. The molecule has 4 nitrogen and oxygen atoms in total. The zero-order valence-corrected chi connectivity index (χ0v) is 15.3. The Morgan fingerprint density at radius 2 is 1.92 bits per heavy atom. The number of likely N-dealkylation sites (tertiary alicyclic amines) is 1. The Morgan fingerprint density at radius 3 is 2.75 bits per heavy atom. The van der Waals surface area contributed by atoms with E-state index in [4.69, 9.17) is 0 Å². The molecule has 2 aliphatic heterocycles. The number of aryl methyl sites for hydroxylation is 1. The fourth-order valence-corrected chi connectivity index (χ4v) is 3.78. The number of para-hydroxylation sites is 1. The van der Waals surface area contributed by atoms with Crippen LogP contribution in [0.4, 0.5) is 0 Å². The first-order valence-corrected chi connectivity index (χ1v) is 8.12. The number of aromatic nitrogens is 1. The number of fused-ring (bicyclic) bond motifs is 3. The third-order valence-corrected chi connectivity index (χ3v) is 4.89. The quantitative estimate of drug-likeness (QED) is 0.840. The number of amides is 1. The van der Waals surface area contributed by atoms with Gasteiger partial charge in [0, 0.05) is 36.3 Å². The van der Waals surface area contributed by atoms with Gasteiger partial charge < -0.3 is 10.2 Å². The summed E-state index contributed by atoms with van der Waals surface area (Å²) in [4.78, 5) is 19.6. The fourth-order valence-electron chi connectivity index (χ4n) is 3.78. The van der Waals surface area contributed by atoms with Crippen molar-refractivity contribution in [2.24, 2.45) is 0 Å². The maximum absolute atomic E-state index is 13.1. The summed E-state index contributed by atoms with van der Waals surface area (Å²) in [5, 5.41) is 4.59. The smallest absolute Gasteiger partial charge is 0.254 e. The summed E-state index contributed by atoms with van der Waals surface area (Å²) in [6.45, 7) is 3.63. The summed E-state index contributed by atoms with van der Waals surface area (Å²) in [7, 11) is 0. The van der Waals surface area contributed by atoms with Crippen molar-refractivity contribution in [1.82, 2.24) is 15.2 Å². The lowest BCUT2D eigenvalue weighted by Crippen LogP contribution is -2.39. The van der Waals surface area contributed by atoms with Gasteiger partial charge in [0.05, 0.1) is 11.1 Å². The second-order valence-corrected chi connectivity index (χ2v) is 6.51. The largest absolute Gasteiger partial charge is 0.337 e. The number of benzene rings is 1. The second kappa shape index (κ2) is 7.68. The lowest BCUT2D eigenvalue weighted by atomic mass is 10.0. The number of nitrogens with one attached hydrogen (secondary N) is 1. The Morgan fingerprint density at radius 1 is 1.17 bits per heavy atom. The molecule has 1 aromatic heterocycles. The normalized spacial score (nSPS) is 22.5. The van der Waals surface area contributed by atoms with E-state index in [1.54, 1.807) is 0 Å². The number of halogens is 2. The summed E-state index contributed by atoms with van der Waals surface area (Å²) < 4.78 is 0. The van der Waals surface area contributed by atoms with E-state index in [2.05, 4.69) is 10.3 Å². The van der Waals surface area contributed by atoms with Crippen LogP contribution in [0.5, 0.6) is 0 Å². The van der Waals surface area contributed by atoms with Crippen molar-refractivity contribution >= 4 is 41.6 Å². The van der Waals surface area contributed by atoms with Gasteiger partial charge in [-0.3, -0.25) is 9.78 Å². The summed E-state index contributed by atoms with van der Waals surface area (Å²) >= 11 is 0. The van der Waals surface area contributed by atoms with Crippen LogP contribution < -0.4 is 5.32 Å². The van der Waals surface area contributed by atoms with Crippen LogP contribution in [0.1, 0.15) is 35.3 Å². The highest BCUT2D eigenvalue weighted by atomic mass is 35.5. The minimum atomic E-state index is 0. The van der Waals surface area contributed by atoms with E-state index in [0.717, 1.165) is 41.7 Å². The van der Waals surface area contributed by atoms with Gasteiger partial charge in [0.25, 0.3) is 5.91 Å².